The smallest absolute Gasteiger partial charge is 0.147 e. The van der Waals surface area contributed by atoms with Crippen molar-refractivity contribution in [3.8, 4) is 0 Å². The third kappa shape index (κ3) is 5.31. The van der Waals surface area contributed by atoms with E-state index < -0.39 is 0 Å². The molecule has 6 nitrogen and oxygen atoms in total. The fourth-order valence-electron chi connectivity index (χ4n) is 2.47. The largest absolute Gasteiger partial charge is 0.147 e. The third-order valence-electron chi connectivity index (χ3n) is 3.82. The number of aromatic nitrogens is 3. The van der Waals surface area contributed by atoms with Crippen LogP contribution in [0.2, 0.25) is 0 Å². The van der Waals surface area contributed by atoms with Crippen LogP contribution in [-0.4, -0.2) is 68.0 Å². The van der Waals surface area contributed by atoms with Crippen molar-refractivity contribution in [2.75, 3.05) is 43.9 Å². The summed E-state index contributed by atoms with van der Waals surface area (Å²) in [5.41, 5.74) is 7.25. The molecule has 1 aliphatic rings. The Morgan fingerprint density at radius 1 is 1.00 bits per heavy atom. The van der Waals surface area contributed by atoms with Crippen molar-refractivity contribution in [2.45, 2.75) is 10.6 Å². The van der Waals surface area contributed by atoms with Crippen LogP contribution in [0.5, 0.6) is 0 Å². The maximum absolute atomic E-state index is 5.88. The number of nitrogens with zero attached hydrogens (tertiary/aromatic N) is 5. The van der Waals surface area contributed by atoms with Gasteiger partial charge in [-0.2, -0.15) is 0 Å². The van der Waals surface area contributed by atoms with Gasteiger partial charge in [0.25, 0.3) is 0 Å². The van der Waals surface area contributed by atoms with Gasteiger partial charge in [0, 0.05) is 0 Å². The predicted molar refractivity (Wildman–Crippen MR) is 101 cm³/mol. The Balaban J connectivity index is 0.00000208. The predicted octanol–water partition coefficient (Wildman–Crippen LogP) is 1.03. The zero-order chi connectivity index (χ0) is 16.1. The molecule has 0 bridgehead atoms. The van der Waals surface area contributed by atoms with Gasteiger partial charge >= 0.3 is 143 Å². The van der Waals surface area contributed by atoms with Gasteiger partial charge in [0.05, 0.1) is 0 Å². The van der Waals surface area contributed by atoms with Gasteiger partial charge < -0.3 is 0 Å². The molecule has 1 aromatic carbocycles. The zero-order valence-electron chi connectivity index (χ0n) is 13.8. The van der Waals surface area contributed by atoms with Crippen molar-refractivity contribution in [1.82, 2.24) is 19.9 Å². The van der Waals surface area contributed by atoms with E-state index in [1.165, 1.54) is 5.56 Å². The van der Waals surface area contributed by atoms with Crippen molar-refractivity contribution in [2.24, 2.45) is 0 Å². The van der Waals surface area contributed by atoms with E-state index in [0.29, 0.717) is 20.9 Å². The van der Waals surface area contributed by atoms with E-state index in [1.54, 1.807) is 0 Å². The minimum absolute atomic E-state index is 0. The van der Waals surface area contributed by atoms with Crippen LogP contribution in [-0.2, 0) is 10.6 Å². The van der Waals surface area contributed by atoms with Crippen LogP contribution >= 0.6 is 12.4 Å². The maximum atomic E-state index is 5.88. The molecule has 1 fully saturated rings. The summed E-state index contributed by atoms with van der Waals surface area (Å²) < 4.78 is 0. The number of anilines is 2. The molecule has 1 aromatic heterocycles. The molecule has 24 heavy (non-hydrogen) atoms. The first-order chi connectivity index (χ1) is 11.2. The Hall–Kier alpha value is -1.40. The summed E-state index contributed by atoms with van der Waals surface area (Å²) in [5.74, 6) is 1.89. The summed E-state index contributed by atoms with van der Waals surface area (Å²) in [7, 11) is 2.14. The third-order valence-corrected chi connectivity index (χ3v) is 5.91. The number of rotatable bonds is 5. The molecular weight excluding hydrogens is 391 g/mol. The van der Waals surface area contributed by atoms with E-state index >= 15 is 0 Å². The Bertz CT molecular complexity index is 634. The number of halogens is 1. The second-order valence-electron chi connectivity index (χ2n) is 5.68. The SMILES string of the molecule is CN1CCN(c2nc(N)nc(C[Se]Cc3ccccc3)n2)CC1.Cl. The van der Waals surface area contributed by atoms with Crippen LogP contribution < -0.4 is 10.6 Å². The second-order valence-corrected chi connectivity index (χ2v) is 7.75. The molecule has 2 heterocycles. The number of benzene rings is 1. The number of nitrogens with two attached hydrogens (primary N) is 1. The maximum Gasteiger partial charge on any atom is -0.147 e. The van der Waals surface area contributed by atoms with Gasteiger partial charge in [-0.05, 0) is 0 Å². The van der Waals surface area contributed by atoms with Gasteiger partial charge in [-0.15, -0.1) is 12.4 Å². The molecule has 2 aromatic rings. The minimum Gasteiger partial charge on any atom is -0.147 e. The summed E-state index contributed by atoms with van der Waals surface area (Å²) in [6.07, 6.45) is 0. The van der Waals surface area contributed by atoms with Gasteiger partial charge in [-0.25, -0.2) is 0 Å². The fraction of sp³-hybridized carbons (Fsp3) is 0.438. The standard InChI is InChI=1S/C16H22N6Se.ClH/c1-21-7-9-22(10-8-21)16-19-14(18-15(17)20-16)12-23-11-13-5-3-2-4-6-13;/h2-6H,7-12H2,1H3,(H2,17,18,19,20);1H. The van der Waals surface area contributed by atoms with Crippen LogP contribution in [0.25, 0.3) is 0 Å². The first-order valence-corrected chi connectivity index (χ1v) is 10.2. The second kappa shape index (κ2) is 9.18. The van der Waals surface area contributed by atoms with Gasteiger partial charge in [0.15, 0.2) is 0 Å². The molecular formula is C16H23ClN6Se. The molecule has 0 spiro atoms. The summed E-state index contributed by atoms with van der Waals surface area (Å²) in [6.45, 7) is 3.93. The van der Waals surface area contributed by atoms with Crippen LogP contribution in [0, 0.1) is 0 Å². The number of likely N-dealkylation sites (N-methyl/N-ethyl adjacent to an activating group) is 1. The van der Waals surface area contributed by atoms with E-state index in [2.05, 4.69) is 56.1 Å². The molecule has 8 heteroatoms. The molecule has 0 atom stereocenters. The van der Waals surface area contributed by atoms with Crippen LogP contribution in [0.4, 0.5) is 11.9 Å². The molecule has 0 saturated carbocycles. The molecule has 0 aliphatic carbocycles. The summed E-state index contributed by atoms with van der Waals surface area (Å²) in [4.78, 5) is 17.8. The van der Waals surface area contributed by atoms with Gasteiger partial charge in [-0.1, -0.05) is 0 Å². The Kier molecular flexibility index (Phi) is 7.24. The molecule has 3 rings (SSSR count). The quantitative estimate of drug-likeness (QED) is 0.738. The number of hydrogen-bond acceptors (Lipinski definition) is 6. The molecule has 1 aliphatic heterocycles. The Labute approximate surface area is 155 Å². The van der Waals surface area contributed by atoms with E-state index in [4.69, 9.17) is 5.73 Å². The molecule has 2 N–H and O–H groups in total. The Morgan fingerprint density at radius 3 is 2.42 bits per heavy atom. The van der Waals surface area contributed by atoms with Crippen LogP contribution in [0.1, 0.15) is 11.4 Å². The van der Waals surface area contributed by atoms with E-state index in [-0.39, 0.29) is 12.4 Å². The summed E-state index contributed by atoms with van der Waals surface area (Å²) in [6, 6.07) is 10.5. The normalized spacial score (nSPS) is 15.1. The van der Waals surface area contributed by atoms with Gasteiger partial charge in [0.2, 0.25) is 0 Å². The van der Waals surface area contributed by atoms with Crippen molar-refractivity contribution in [3.63, 3.8) is 0 Å². The van der Waals surface area contributed by atoms with Crippen molar-refractivity contribution in [3.05, 3.63) is 41.7 Å². The van der Waals surface area contributed by atoms with Crippen molar-refractivity contribution >= 4 is 39.3 Å². The average Bonchev–Trinajstić information content (AvgIpc) is 2.56. The first-order valence-electron chi connectivity index (χ1n) is 7.76. The monoisotopic (exact) mass is 414 g/mol. The number of hydrogen-bond donors (Lipinski definition) is 1. The molecule has 1 saturated heterocycles. The molecule has 0 amide bonds. The Morgan fingerprint density at radius 2 is 1.71 bits per heavy atom. The molecule has 0 unspecified atom stereocenters. The topological polar surface area (TPSA) is 71.2 Å². The molecule has 0 radical (unpaired) electrons. The number of piperazine rings is 1. The fourth-order valence-corrected chi connectivity index (χ4v) is 4.24. The minimum atomic E-state index is 0. The number of nitrogen functional groups attached to an aromatic ring is 1. The van der Waals surface area contributed by atoms with Crippen LogP contribution in [0.15, 0.2) is 30.3 Å². The van der Waals surface area contributed by atoms with E-state index in [0.717, 1.165) is 48.6 Å². The average molecular weight is 414 g/mol. The van der Waals surface area contributed by atoms with Gasteiger partial charge in [0.1, 0.15) is 0 Å². The van der Waals surface area contributed by atoms with Gasteiger partial charge in [-0.3, -0.25) is 0 Å². The summed E-state index contributed by atoms with van der Waals surface area (Å²) in [5, 5.41) is 1.97. The summed E-state index contributed by atoms with van der Waals surface area (Å²) >= 11 is 0.425. The first kappa shape index (κ1) is 18.9. The van der Waals surface area contributed by atoms with Crippen molar-refractivity contribution < 1.29 is 0 Å². The molecule has 130 valence electrons. The van der Waals surface area contributed by atoms with E-state index in [1.807, 2.05) is 6.07 Å². The van der Waals surface area contributed by atoms with Crippen molar-refractivity contribution in [1.29, 1.82) is 0 Å². The van der Waals surface area contributed by atoms with E-state index in [9.17, 15) is 0 Å². The van der Waals surface area contributed by atoms with Crippen LogP contribution in [0.3, 0.4) is 0 Å². The zero-order valence-corrected chi connectivity index (χ0v) is 16.3.